The van der Waals surface area contributed by atoms with Crippen molar-refractivity contribution in [2.75, 3.05) is 11.8 Å². The molecule has 0 unspecified atom stereocenters. The van der Waals surface area contributed by atoms with E-state index in [1.165, 1.54) is 7.11 Å². The lowest BCUT2D eigenvalue weighted by molar-refractivity contribution is 0.402. The standard InChI is InChI=1S/C22H21N5O4S/c1-15-4-9-19(30-3)20(12-15)32(28,29)26-17-5-7-18(8-6-17)31-22-13-21(24-16(2)25-22)27-11-10-23-14-27/h4-14,26H,1-3H3. The summed E-state index contributed by atoms with van der Waals surface area (Å²) in [5.74, 6) is 2.30. The number of ether oxygens (including phenoxy) is 2. The van der Waals surface area contributed by atoms with Crippen molar-refractivity contribution in [2.24, 2.45) is 0 Å². The molecule has 0 radical (unpaired) electrons. The predicted molar refractivity (Wildman–Crippen MR) is 119 cm³/mol. The Balaban J connectivity index is 1.53. The van der Waals surface area contributed by atoms with E-state index in [9.17, 15) is 8.42 Å². The van der Waals surface area contributed by atoms with E-state index < -0.39 is 10.0 Å². The van der Waals surface area contributed by atoms with Gasteiger partial charge < -0.3 is 9.47 Å². The van der Waals surface area contributed by atoms with Crippen molar-refractivity contribution in [3.05, 3.63) is 78.6 Å². The maximum absolute atomic E-state index is 12.9. The third-order valence-corrected chi connectivity index (χ3v) is 5.91. The smallest absolute Gasteiger partial charge is 0.265 e. The van der Waals surface area contributed by atoms with Gasteiger partial charge in [0.25, 0.3) is 10.0 Å². The Bertz CT molecular complexity index is 1340. The summed E-state index contributed by atoms with van der Waals surface area (Å²) in [6.07, 6.45) is 5.06. The highest BCUT2D eigenvalue weighted by Gasteiger charge is 2.20. The van der Waals surface area contributed by atoms with Crippen LogP contribution in [0.15, 0.2) is 72.1 Å². The molecule has 4 aromatic rings. The number of nitrogens with one attached hydrogen (secondary N) is 1. The van der Waals surface area contributed by atoms with Crippen LogP contribution in [-0.4, -0.2) is 35.0 Å². The molecule has 1 N–H and O–H groups in total. The summed E-state index contributed by atoms with van der Waals surface area (Å²) in [7, 11) is -2.40. The fraction of sp³-hybridized carbons (Fsp3) is 0.136. The van der Waals surface area contributed by atoms with Gasteiger partial charge in [-0.15, -0.1) is 0 Å². The molecular weight excluding hydrogens is 430 g/mol. The first-order chi connectivity index (χ1) is 15.3. The fourth-order valence-electron chi connectivity index (χ4n) is 3.02. The number of hydrogen-bond acceptors (Lipinski definition) is 7. The number of hydrogen-bond donors (Lipinski definition) is 1. The molecule has 0 atom stereocenters. The molecule has 10 heteroatoms. The molecular formula is C22H21N5O4S. The maximum atomic E-state index is 12.9. The minimum Gasteiger partial charge on any atom is -0.495 e. The number of sulfonamides is 1. The van der Waals surface area contributed by atoms with Crippen LogP contribution < -0.4 is 14.2 Å². The van der Waals surface area contributed by atoms with E-state index in [1.807, 2.05) is 6.92 Å². The van der Waals surface area contributed by atoms with Gasteiger partial charge in [0.05, 0.1) is 7.11 Å². The molecule has 2 aromatic heterocycles. The zero-order valence-electron chi connectivity index (χ0n) is 17.7. The van der Waals surface area contributed by atoms with E-state index in [2.05, 4.69) is 19.7 Å². The van der Waals surface area contributed by atoms with Crippen LogP contribution in [0.4, 0.5) is 5.69 Å². The Morgan fingerprint density at radius 2 is 1.78 bits per heavy atom. The van der Waals surface area contributed by atoms with Crippen LogP contribution in [-0.2, 0) is 10.0 Å². The monoisotopic (exact) mass is 451 g/mol. The van der Waals surface area contributed by atoms with Crippen molar-refractivity contribution in [3.8, 4) is 23.2 Å². The number of imidazole rings is 1. The fourth-order valence-corrected chi connectivity index (χ4v) is 4.33. The second-order valence-electron chi connectivity index (χ2n) is 6.97. The first-order valence-electron chi connectivity index (χ1n) is 9.63. The first-order valence-corrected chi connectivity index (χ1v) is 11.1. The molecule has 0 aliphatic rings. The highest BCUT2D eigenvalue weighted by Crippen LogP contribution is 2.28. The van der Waals surface area contributed by atoms with Gasteiger partial charge in [0, 0.05) is 24.1 Å². The van der Waals surface area contributed by atoms with Crippen LogP contribution in [0.5, 0.6) is 17.4 Å². The van der Waals surface area contributed by atoms with Gasteiger partial charge in [-0.1, -0.05) is 6.07 Å². The Morgan fingerprint density at radius 1 is 1.00 bits per heavy atom. The predicted octanol–water partition coefficient (Wildman–Crippen LogP) is 3.88. The summed E-state index contributed by atoms with van der Waals surface area (Å²) in [6.45, 7) is 3.59. The minimum absolute atomic E-state index is 0.0730. The average molecular weight is 452 g/mol. The summed E-state index contributed by atoms with van der Waals surface area (Å²) in [5.41, 5.74) is 1.20. The third kappa shape index (κ3) is 4.70. The van der Waals surface area contributed by atoms with Gasteiger partial charge >= 0.3 is 0 Å². The van der Waals surface area contributed by atoms with Crippen LogP contribution >= 0.6 is 0 Å². The molecule has 0 fully saturated rings. The van der Waals surface area contributed by atoms with Crippen molar-refractivity contribution < 1.29 is 17.9 Å². The number of benzene rings is 2. The van der Waals surface area contributed by atoms with Crippen molar-refractivity contribution in [1.82, 2.24) is 19.5 Å². The molecule has 2 aromatic carbocycles. The zero-order chi connectivity index (χ0) is 22.7. The Labute approximate surface area is 185 Å². The van der Waals surface area contributed by atoms with Gasteiger partial charge in [0.1, 0.15) is 34.4 Å². The molecule has 0 saturated carbocycles. The molecule has 164 valence electrons. The van der Waals surface area contributed by atoms with Crippen LogP contribution in [0.25, 0.3) is 5.82 Å². The molecule has 0 spiro atoms. The molecule has 2 heterocycles. The van der Waals surface area contributed by atoms with Crippen LogP contribution in [0.3, 0.4) is 0 Å². The zero-order valence-corrected chi connectivity index (χ0v) is 18.5. The Kier molecular flexibility index (Phi) is 5.78. The highest BCUT2D eigenvalue weighted by atomic mass is 32.2. The maximum Gasteiger partial charge on any atom is 0.265 e. The Morgan fingerprint density at radius 3 is 2.47 bits per heavy atom. The van der Waals surface area contributed by atoms with Gasteiger partial charge in [0.15, 0.2) is 0 Å². The van der Waals surface area contributed by atoms with Crippen molar-refractivity contribution in [3.63, 3.8) is 0 Å². The topological polar surface area (TPSA) is 108 Å². The molecule has 0 amide bonds. The van der Waals surface area contributed by atoms with E-state index in [4.69, 9.17) is 9.47 Å². The molecule has 0 aliphatic heterocycles. The summed E-state index contributed by atoms with van der Waals surface area (Å²) >= 11 is 0. The third-order valence-electron chi connectivity index (χ3n) is 4.51. The summed E-state index contributed by atoms with van der Waals surface area (Å²) in [6, 6.07) is 13.2. The lowest BCUT2D eigenvalue weighted by Crippen LogP contribution is -2.14. The normalized spacial score (nSPS) is 11.2. The summed E-state index contributed by atoms with van der Waals surface area (Å²) in [4.78, 5) is 12.8. The molecule has 32 heavy (non-hydrogen) atoms. The van der Waals surface area contributed by atoms with Crippen LogP contribution in [0.1, 0.15) is 11.4 Å². The second kappa shape index (κ2) is 8.67. The van der Waals surface area contributed by atoms with Crippen molar-refractivity contribution >= 4 is 15.7 Å². The van der Waals surface area contributed by atoms with Crippen molar-refractivity contribution in [1.29, 1.82) is 0 Å². The van der Waals surface area contributed by atoms with Gasteiger partial charge in [-0.05, 0) is 55.8 Å². The average Bonchev–Trinajstić information content (AvgIpc) is 3.30. The number of nitrogens with zero attached hydrogens (tertiary/aromatic N) is 4. The van der Waals surface area contributed by atoms with Crippen LogP contribution in [0.2, 0.25) is 0 Å². The quantitative estimate of drug-likeness (QED) is 0.454. The first kappa shape index (κ1) is 21.3. The molecule has 4 rings (SSSR count). The summed E-state index contributed by atoms with van der Waals surface area (Å²) < 4.78 is 41.1. The van der Waals surface area contributed by atoms with Crippen LogP contribution in [0, 0.1) is 13.8 Å². The van der Waals surface area contributed by atoms with E-state index in [0.29, 0.717) is 29.0 Å². The van der Waals surface area contributed by atoms with E-state index in [-0.39, 0.29) is 10.6 Å². The highest BCUT2D eigenvalue weighted by molar-refractivity contribution is 7.92. The SMILES string of the molecule is COc1ccc(C)cc1S(=O)(=O)Nc1ccc(Oc2cc(-n3ccnc3)nc(C)n2)cc1. The minimum atomic E-state index is -3.83. The van der Waals surface area contributed by atoms with Gasteiger partial charge in [-0.2, -0.15) is 4.98 Å². The van der Waals surface area contributed by atoms with E-state index in [0.717, 1.165) is 5.56 Å². The Hall–Kier alpha value is -3.92. The van der Waals surface area contributed by atoms with E-state index >= 15 is 0 Å². The summed E-state index contributed by atoms with van der Waals surface area (Å²) in [5, 5.41) is 0. The van der Waals surface area contributed by atoms with Gasteiger partial charge in [-0.25, -0.2) is 18.4 Å². The van der Waals surface area contributed by atoms with Gasteiger partial charge in [0.2, 0.25) is 5.88 Å². The number of methoxy groups -OCH3 is 1. The number of aryl methyl sites for hydroxylation is 2. The number of aromatic nitrogens is 4. The van der Waals surface area contributed by atoms with Gasteiger partial charge in [-0.3, -0.25) is 9.29 Å². The molecule has 0 saturated heterocycles. The molecule has 0 bridgehead atoms. The largest absolute Gasteiger partial charge is 0.495 e. The van der Waals surface area contributed by atoms with E-state index in [1.54, 1.807) is 78.7 Å². The number of anilines is 1. The molecule has 0 aliphatic carbocycles. The molecule has 9 nitrogen and oxygen atoms in total. The van der Waals surface area contributed by atoms with Crippen molar-refractivity contribution in [2.45, 2.75) is 18.7 Å². The number of rotatable bonds is 7. The second-order valence-corrected chi connectivity index (χ2v) is 8.62. The lowest BCUT2D eigenvalue weighted by Gasteiger charge is -2.13. The lowest BCUT2D eigenvalue weighted by atomic mass is 10.2.